The smallest absolute Gasteiger partial charge is 0.512 e. The molecule has 8 rings (SSSR count). The second-order valence-corrected chi connectivity index (χ2v) is 12.0. The van der Waals surface area contributed by atoms with Gasteiger partial charge in [-0.05, 0) is 24.3 Å². The first-order valence-corrected chi connectivity index (χ1v) is 18.2. The summed E-state index contributed by atoms with van der Waals surface area (Å²) in [5, 5.41) is 15.7. The Kier molecular flexibility index (Phi) is 21.4. The third-order valence-corrected chi connectivity index (χ3v) is 8.02. The Morgan fingerprint density at radius 3 is 1.67 bits per heavy atom. The fraction of sp³-hybridized carbons (Fsp3) is 0.231. The topological polar surface area (TPSA) is 264 Å². The maximum atomic E-state index is 13.7. The summed E-state index contributed by atoms with van der Waals surface area (Å²) in [6, 6.07) is 9.36. The Morgan fingerprint density at radius 1 is 0.689 bits per heavy atom. The number of hydrogen-bond donors (Lipinski definition) is 6. The van der Waals surface area contributed by atoms with E-state index in [2.05, 4.69) is 65.8 Å². The minimum atomic E-state index is -0.360. The number of carbonyl (C=O) groups is 1. The molecule has 8 heterocycles. The number of anilines is 2. The monoisotopic (exact) mass is 838 g/mol. The summed E-state index contributed by atoms with van der Waals surface area (Å²) in [5.41, 5.74) is 8.64. The van der Waals surface area contributed by atoms with Gasteiger partial charge in [0.1, 0.15) is 29.6 Å². The fourth-order valence-corrected chi connectivity index (χ4v) is 5.28. The Balaban J connectivity index is 0.000000265. The van der Waals surface area contributed by atoms with E-state index >= 15 is 0 Å². The van der Waals surface area contributed by atoms with Gasteiger partial charge in [-0.2, -0.15) is 0 Å². The van der Waals surface area contributed by atoms with Gasteiger partial charge in [-0.25, -0.2) is 38.7 Å². The summed E-state index contributed by atoms with van der Waals surface area (Å²) in [4.78, 5) is 49.1. The van der Waals surface area contributed by atoms with Crippen LogP contribution in [0.5, 0.6) is 0 Å². The molecule has 307 valence electrons. The van der Waals surface area contributed by atoms with E-state index in [0.717, 1.165) is 37.4 Å². The molecular weight excluding hydrogens is 798 g/mol. The summed E-state index contributed by atoms with van der Waals surface area (Å²) in [7, 11) is 0. The van der Waals surface area contributed by atoms with Gasteiger partial charge >= 0.3 is 29.6 Å². The van der Waals surface area contributed by atoms with Gasteiger partial charge in [-0.3, -0.25) is 9.97 Å². The molecule has 0 spiro atoms. The minimum absolute atomic E-state index is 0. The molecule has 61 heavy (non-hydrogen) atoms. The summed E-state index contributed by atoms with van der Waals surface area (Å²) in [5.74, 6) is 3.23. The number of imidazole rings is 2. The number of halogens is 2. The van der Waals surface area contributed by atoms with E-state index in [4.69, 9.17) is 26.4 Å². The zero-order chi connectivity index (χ0) is 41.7. The number of pyridine rings is 4. The van der Waals surface area contributed by atoms with Gasteiger partial charge in [-0.15, -0.1) is 0 Å². The molecule has 7 N–H and O–H groups in total. The number of aromatic nitrogens is 10. The van der Waals surface area contributed by atoms with Crippen molar-refractivity contribution >= 4 is 48.5 Å². The summed E-state index contributed by atoms with van der Waals surface area (Å²) >= 11 is 0. The second-order valence-electron chi connectivity index (χ2n) is 12.0. The second kappa shape index (κ2) is 26.6. The standard InChI is InChI=1S/C19H20FN7O.C14H14FN5O.C5H6N2O.CN.B.Na/c20-13-2-1-6-22-14(13)12-26-19-18-15(3-9-25-19)28-17(27-18)5-8-21-7-4-16-23-10-11-24-16;15-9-2-1-6-17-10(9)8-19-14-13-11(4-7-18-14)21-12(20-13)3-5-16;8-4-1-5-6-2-3-7-5;1-2;;/h1-3,6,9-11,21H,4-5,7-8,12H2,(H,23,24)(H,25,26);1-2,4,6-7H,3,5,8,16H2,(H,18,19);2-4H,1H2,(H,6,7);;;/q;;;-1;;+1. The molecule has 22 heteroatoms. The van der Waals surface area contributed by atoms with Crippen LogP contribution in [0, 0.1) is 23.5 Å². The Bertz CT molecular complexity index is 2490. The van der Waals surface area contributed by atoms with Crippen LogP contribution in [0.4, 0.5) is 20.4 Å². The molecular formula is C39H40BF2N15NaO3. The van der Waals surface area contributed by atoms with Crippen LogP contribution in [-0.2, 0) is 43.6 Å². The summed E-state index contributed by atoms with van der Waals surface area (Å²) in [6.07, 6.45) is 16.5. The van der Waals surface area contributed by atoms with Crippen LogP contribution in [0.2, 0.25) is 0 Å². The predicted octanol–water partition coefficient (Wildman–Crippen LogP) is 1.21. The van der Waals surface area contributed by atoms with E-state index in [9.17, 15) is 13.6 Å². The Hall–Kier alpha value is -6.44. The SMILES string of the molecule is Fc1cccnc1CNc1nccc2oc(CCNCCc3ncc[nH]3)nc12.NCCc1nc2c(NCc3ncccc3F)nccc2o1.O=CCc1ncc[nH]1.[B].[C-]#N.[Na+]. The molecule has 8 aromatic rings. The molecule has 0 bridgehead atoms. The van der Waals surface area contributed by atoms with Crippen molar-refractivity contribution in [3.05, 3.63) is 139 Å². The molecule has 18 nitrogen and oxygen atoms in total. The number of oxazole rings is 2. The molecule has 0 saturated carbocycles. The average molecular weight is 839 g/mol. The largest absolute Gasteiger partial charge is 1.00 e. The number of nitrogens with zero attached hydrogens (tertiary/aromatic N) is 9. The third-order valence-electron chi connectivity index (χ3n) is 8.02. The van der Waals surface area contributed by atoms with E-state index in [0.29, 0.717) is 82.8 Å². The number of rotatable bonds is 16. The van der Waals surface area contributed by atoms with Gasteiger partial charge in [0.15, 0.2) is 45.6 Å². The van der Waals surface area contributed by atoms with E-state index in [1.165, 1.54) is 12.1 Å². The fourth-order valence-electron chi connectivity index (χ4n) is 5.28. The zero-order valence-electron chi connectivity index (χ0n) is 33.2. The molecule has 0 amide bonds. The average Bonchev–Trinajstić information content (AvgIpc) is 4.10. The van der Waals surface area contributed by atoms with E-state index < -0.39 is 0 Å². The van der Waals surface area contributed by atoms with Crippen molar-refractivity contribution in [2.75, 3.05) is 30.3 Å². The number of H-pyrrole nitrogens is 2. The molecule has 0 fully saturated rings. The number of aromatic amines is 2. The molecule has 0 saturated heterocycles. The van der Waals surface area contributed by atoms with Gasteiger partial charge in [-0.1, -0.05) is 0 Å². The van der Waals surface area contributed by atoms with Gasteiger partial charge in [0.2, 0.25) is 0 Å². The third kappa shape index (κ3) is 15.0. The maximum absolute atomic E-state index is 13.7. The zero-order valence-corrected chi connectivity index (χ0v) is 35.2. The van der Waals surface area contributed by atoms with Crippen molar-refractivity contribution in [1.82, 2.24) is 55.2 Å². The molecule has 0 aliphatic carbocycles. The van der Waals surface area contributed by atoms with Crippen molar-refractivity contribution in [2.24, 2.45) is 5.73 Å². The van der Waals surface area contributed by atoms with Gasteiger partial charge in [0, 0.05) is 109 Å². The van der Waals surface area contributed by atoms with Crippen molar-refractivity contribution < 1.29 is 52.0 Å². The van der Waals surface area contributed by atoms with Crippen molar-refractivity contribution in [3.63, 3.8) is 0 Å². The van der Waals surface area contributed by atoms with E-state index in [-0.39, 0.29) is 62.7 Å². The normalized spacial score (nSPS) is 10.1. The minimum Gasteiger partial charge on any atom is -0.512 e. The number of fused-ring (bicyclic) bond motifs is 2. The maximum Gasteiger partial charge on any atom is 1.00 e. The van der Waals surface area contributed by atoms with Gasteiger partial charge in [0.25, 0.3) is 0 Å². The van der Waals surface area contributed by atoms with Crippen LogP contribution in [0.25, 0.3) is 22.2 Å². The number of carbonyl (C=O) groups excluding carboxylic acids is 1. The van der Waals surface area contributed by atoms with Crippen molar-refractivity contribution in [2.45, 2.75) is 38.8 Å². The molecule has 0 unspecified atom stereocenters. The van der Waals surface area contributed by atoms with Crippen LogP contribution in [0.1, 0.15) is 34.8 Å². The molecule has 0 aliphatic heterocycles. The number of nitrogens with two attached hydrogens (primary N) is 1. The van der Waals surface area contributed by atoms with Crippen LogP contribution in [0.3, 0.4) is 0 Å². The van der Waals surface area contributed by atoms with Crippen LogP contribution >= 0.6 is 0 Å². The molecule has 0 aliphatic rings. The van der Waals surface area contributed by atoms with E-state index in [1.807, 2.05) is 6.20 Å². The van der Waals surface area contributed by atoms with Crippen LogP contribution < -0.4 is 51.2 Å². The van der Waals surface area contributed by atoms with Crippen molar-refractivity contribution in [3.8, 4) is 0 Å². The predicted molar refractivity (Wildman–Crippen MR) is 217 cm³/mol. The van der Waals surface area contributed by atoms with Gasteiger partial charge in [0.05, 0.1) is 30.9 Å². The summed E-state index contributed by atoms with van der Waals surface area (Å²) in [6.45, 7) is 7.20. The molecule has 0 aromatic carbocycles. The number of aldehydes is 1. The van der Waals surface area contributed by atoms with Crippen LogP contribution in [-0.4, -0.2) is 84.2 Å². The first kappa shape index (κ1) is 48.9. The number of hydrogen-bond acceptors (Lipinski definition) is 16. The molecule has 0 atom stereocenters. The molecule has 8 aromatic heterocycles. The summed E-state index contributed by atoms with van der Waals surface area (Å²) < 4.78 is 38.6. The van der Waals surface area contributed by atoms with E-state index in [1.54, 1.807) is 67.6 Å². The van der Waals surface area contributed by atoms with Gasteiger partial charge < -0.3 is 57.1 Å². The quantitative estimate of drug-likeness (QED) is 0.0346. The Morgan fingerprint density at radius 2 is 1.20 bits per heavy atom. The number of nitrogens with one attached hydrogen (secondary N) is 5. The first-order valence-electron chi connectivity index (χ1n) is 18.2. The van der Waals surface area contributed by atoms with Crippen LogP contribution in [0.15, 0.2) is 94.8 Å². The Labute approximate surface area is 372 Å². The molecule has 3 radical (unpaired) electrons. The first-order chi connectivity index (χ1) is 29.0. The van der Waals surface area contributed by atoms with Crippen molar-refractivity contribution in [1.29, 1.82) is 5.26 Å².